The highest BCUT2D eigenvalue weighted by Crippen LogP contribution is 2.20. The maximum Gasteiger partial charge on any atom is 0.267 e. The second-order valence-electron chi connectivity index (χ2n) is 4.49. The van der Waals surface area contributed by atoms with Crippen LogP contribution in [0.1, 0.15) is 12.0 Å². The van der Waals surface area contributed by atoms with E-state index < -0.39 is 5.91 Å². The highest BCUT2D eigenvalue weighted by molar-refractivity contribution is 6.33. The Bertz CT molecular complexity index is 484. The number of hydrogen-bond donors (Lipinski definition) is 3. The first-order valence-electron chi connectivity index (χ1n) is 6.19. The number of nitrogens with zero attached hydrogens (tertiary/aromatic N) is 2. The molecule has 0 spiro atoms. The molecular formula is C13H21Cl3N4O2. The fraction of sp³-hybridized carbons (Fsp3) is 0.385. The minimum absolute atomic E-state index is 0. The van der Waals surface area contributed by atoms with E-state index in [1.165, 1.54) is 17.6 Å². The summed E-state index contributed by atoms with van der Waals surface area (Å²) in [5, 5.41) is 12.0. The van der Waals surface area contributed by atoms with E-state index in [2.05, 4.69) is 15.2 Å². The van der Waals surface area contributed by atoms with E-state index in [1.54, 1.807) is 12.3 Å². The fourth-order valence-corrected chi connectivity index (χ4v) is 1.73. The predicted molar refractivity (Wildman–Crippen MR) is 94.4 cm³/mol. The molecule has 0 radical (unpaired) electrons. The zero-order chi connectivity index (χ0) is 15.0. The van der Waals surface area contributed by atoms with Crippen LogP contribution in [0, 0.1) is 0 Å². The lowest BCUT2D eigenvalue weighted by atomic mass is 10.2. The SMILES string of the molecule is CN(C)CCCNc1ncc(/C=C/C(=O)NO)cc1Cl.Cl.Cl. The number of carbonyl (C=O) groups excluding carboxylic acids is 1. The molecule has 6 nitrogen and oxygen atoms in total. The van der Waals surface area contributed by atoms with Gasteiger partial charge in [0.05, 0.1) is 5.02 Å². The van der Waals surface area contributed by atoms with E-state index in [0.717, 1.165) is 19.5 Å². The van der Waals surface area contributed by atoms with Gasteiger partial charge in [-0.05, 0) is 44.8 Å². The predicted octanol–water partition coefficient (Wildman–Crippen LogP) is 2.46. The lowest BCUT2D eigenvalue weighted by molar-refractivity contribution is -0.124. The fourth-order valence-electron chi connectivity index (χ4n) is 1.49. The van der Waals surface area contributed by atoms with Gasteiger partial charge in [-0.3, -0.25) is 10.0 Å². The molecule has 126 valence electrons. The van der Waals surface area contributed by atoms with Crippen LogP contribution < -0.4 is 10.8 Å². The van der Waals surface area contributed by atoms with Crippen LogP contribution in [0.15, 0.2) is 18.3 Å². The van der Waals surface area contributed by atoms with Crippen molar-refractivity contribution < 1.29 is 10.0 Å². The van der Waals surface area contributed by atoms with Gasteiger partial charge in [0.15, 0.2) is 0 Å². The summed E-state index contributed by atoms with van der Waals surface area (Å²) in [6.07, 6.45) is 5.29. The maximum atomic E-state index is 10.8. The Hall–Kier alpha value is -1.05. The van der Waals surface area contributed by atoms with E-state index in [9.17, 15) is 4.79 Å². The smallest absolute Gasteiger partial charge is 0.267 e. The Kier molecular flexibility index (Phi) is 13.2. The molecule has 3 N–H and O–H groups in total. The highest BCUT2D eigenvalue weighted by atomic mass is 35.5. The molecule has 1 amide bonds. The Labute approximate surface area is 147 Å². The molecule has 1 aromatic heterocycles. The van der Waals surface area contributed by atoms with Gasteiger partial charge in [-0.15, -0.1) is 24.8 Å². The second kappa shape index (κ2) is 12.5. The van der Waals surface area contributed by atoms with Crippen molar-refractivity contribution in [2.24, 2.45) is 0 Å². The number of hydroxylamine groups is 1. The van der Waals surface area contributed by atoms with Crippen molar-refractivity contribution in [3.8, 4) is 0 Å². The average Bonchev–Trinajstić information content (AvgIpc) is 2.42. The Balaban J connectivity index is 0. The van der Waals surface area contributed by atoms with Crippen LogP contribution in [0.3, 0.4) is 0 Å². The Morgan fingerprint density at radius 3 is 2.68 bits per heavy atom. The van der Waals surface area contributed by atoms with Crippen molar-refractivity contribution >= 4 is 54.2 Å². The summed E-state index contributed by atoms with van der Waals surface area (Å²) in [5.41, 5.74) is 2.19. The van der Waals surface area contributed by atoms with Gasteiger partial charge < -0.3 is 10.2 Å². The van der Waals surface area contributed by atoms with Crippen molar-refractivity contribution in [2.75, 3.05) is 32.5 Å². The molecular weight excluding hydrogens is 351 g/mol. The molecule has 0 bridgehead atoms. The summed E-state index contributed by atoms with van der Waals surface area (Å²) in [5.74, 6) is 0.0150. The molecule has 22 heavy (non-hydrogen) atoms. The van der Waals surface area contributed by atoms with Gasteiger partial charge >= 0.3 is 0 Å². The van der Waals surface area contributed by atoms with Gasteiger partial charge in [0.2, 0.25) is 0 Å². The molecule has 1 heterocycles. The molecule has 0 saturated carbocycles. The minimum Gasteiger partial charge on any atom is -0.369 e. The first-order valence-corrected chi connectivity index (χ1v) is 6.57. The van der Waals surface area contributed by atoms with Gasteiger partial charge in [0, 0.05) is 18.8 Å². The number of halogens is 3. The van der Waals surface area contributed by atoms with Gasteiger partial charge in [0.25, 0.3) is 5.91 Å². The van der Waals surface area contributed by atoms with Gasteiger partial charge in [0.1, 0.15) is 5.82 Å². The number of amides is 1. The second-order valence-corrected chi connectivity index (χ2v) is 4.90. The average molecular weight is 372 g/mol. The van der Waals surface area contributed by atoms with Crippen molar-refractivity contribution in [3.63, 3.8) is 0 Å². The monoisotopic (exact) mass is 370 g/mol. The Morgan fingerprint density at radius 2 is 2.14 bits per heavy atom. The van der Waals surface area contributed by atoms with Gasteiger partial charge in [-0.2, -0.15) is 0 Å². The molecule has 0 aliphatic rings. The topological polar surface area (TPSA) is 77.5 Å². The molecule has 0 saturated heterocycles. The van der Waals surface area contributed by atoms with Gasteiger partial charge in [-0.1, -0.05) is 11.6 Å². The molecule has 1 aromatic rings. The molecule has 0 aromatic carbocycles. The number of carbonyl (C=O) groups is 1. The quantitative estimate of drug-likeness (QED) is 0.297. The molecule has 0 unspecified atom stereocenters. The molecule has 0 aliphatic heterocycles. The Morgan fingerprint density at radius 1 is 1.45 bits per heavy atom. The van der Waals surface area contributed by atoms with E-state index in [0.29, 0.717) is 16.4 Å². The number of anilines is 1. The van der Waals surface area contributed by atoms with E-state index in [4.69, 9.17) is 16.8 Å². The lowest BCUT2D eigenvalue weighted by Crippen LogP contribution is -2.16. The number of pyridine rings is 1. The van der Waals surface area contributed by atoms with E-state index >= 15 is 0 Å². The van der Waals surface area contributed by atoms with E-state index in [1.807, 2.05) is 14.1 Å². The van der Waals surface area contributed by atoms with Crippen LogP contribution in [-0.4, -0.2) is 48.2 Å². The van der Waals surface area contributed by atoms with Crippen molar-refractivity contribution in [2.45, 2.75) is 6.42 Å². The molecule has 0 aliphatic carbocycles. The van der Waals surface area contributed by atoms with Crippen molar-refractivity contribution in [1.82, 2.24) is 15.4 Å². The van der Waals surface area contributed by atoms with Crippen LogP contribution in [-0.2, 0) is 4.79 Å². The van der Waals surface area contributed by atoms with Crippen LogP contribution in [0.4, 0.5) is 5.82 Å². The summed E-state index contributed by atoms with van der Waals surface area (Å²) in [6, 6.07) is 1.70. The van der Waals surface area contributed by atoms with Crippen LogP contribution in [0.2, 0.25) is 5.02 Å². The van der Waals surface area contributed by atoms with Crippen LogP contribution in [0.25, 0.3) is 6.08 Å². The summed E-state index contributed by atoms with van der Waals surface area (Å²) in [6.45, 7) is 1.77. The standard InChI is InChI=1S/C13H19ClN4O2.2ClH/c1-18(2)7-3-6-15-13-11(14)8-10(9-16-13)4-5-12(19)17-20;;/h4-5,8-9,20H,3,6-7H2,1-2H3,(H,15,16)(H,17,19);2*1H/b5-4+;;. The zero-order valence-corrected chi connectivity index (χ0v) is 14.8. The summed E-state index contributed by atoms with van der Waals surface area (Å²) in [7, 11) is 4.05. The third kappa shape index (κ3) is 9.07. The normalized spacial score (nSPS) is 10.0. The minimum atomic E-state index is -0.605. The number of rotatable bonds is 7. The molecule has 1 rings (SSSR count). The summed E-state index contributed by atoms with van der Waals surface area (Å²) < 4.78 is 0. The summed E-state index contributed by atoms with van der Waals surface area (Å²) >= 11 is 6.10. The molecule has 0 atom stereocenters. The van der Waals surface area contributed by atoms with Gasteiger partial charge in [-0.25, -0.2) is 10.5 Å². The third-order valence-corrected chi connectivity index (χ3v) is 2.76. The highest BCUT2D eigenvalue weighted by Gasteiger charge is 2.02. The molecule has 0 fully saturated rings. The van der Waals surface area contributed by atoms with E-state index in [-0.39, 0.29) is 24.8 Å². The maximum absolute atomic E-state index is 10.8. The van der Waals surface area contributed by atoms with Crippen molar-refractivity contribution in [1.29, 1.82) is 0 Å². The van der Waals surface area contributed by atoms with Crippen LogP contribution >= 0.6 is 36.4 Å². The van der Waals surface area contributed by atoms with Crippen LogP contribution in [0.5, 0.6) is 0 Å². The number of hydrogen-bond acceptors (Lipinski definition) is 5. The van der Waals surface area contributed by atoms with Crippen molar-refractivity contribution in [3.05, 3.63) is 28.9 Å². The zero-order valence-electron chi connectivity index (χ0n) is 12.4. The first kappa shape index (κ1) is 23.2. The lowest BCUT2D eigenvalue weighted by Gasteiger charge is -2.11. The molecule has 9 heteroatoms. The number of aromatic nitrogens is 1. The first-order chi connectivity index (χ1) is 9.52. The summed E-state index contributed by atoms with van der Waals surface area (Å²) in [4.78, 5) is 17.2. The third-order valence-electron chi connectivity index (χ3n) is 2.47. The largest absolute Gasteiger partial charge is 0.369 e. The number of nitrogens with one attached hydrogen (secondary N) is 2.